The van der Waals surface area contributed by atoms with Gasteiger partial charge in [-0.3, -0.25) is 0 Å². The Morgan fingerprint density at radius 3 is 1.62 bits per heavy atom. The minimum Gasteiger partial charge on any atom is -0.494 e. The van der Waals surface area contributed by atoms with E-state index in [0.29, 0.717) is 0 Å². The molecule has 0 aliphatic heterocycles. The smallest absolute Gasteiger partial charge is 0.119 e. The third-order valence-electron chi connectivity index (χ3n) is 6.20. The summed E-state index contributed by atoms with van der Waals surface area (Å²) >= 11 is 0. The Morgan fingerprint density at radius 1 is 0.562 bits per heavy atom. The van der Waals surface area contributed by atoms with Crippen LogP contribution in [-0.4, -0.2) is 13.2 Å². The molecule has 2 rings (SSSR count). The largest absolute Gasteiger partial charge is 0.494 e. The highest BCUT2D eigenvalue weighted by Crippen LogP contribution is 2.25. The lowest BCUT2D eigenvalue weighted by molar-refractivity contribution is 0.0630. The number of ether oxygens (including phenoxy) is 2. The van der Waals surface area contributed by atoms with Crippen molar-refractivity contribution < 1.29 is 9.47 Å². The molecule has 32 heavy (non-hydrogen) atoms. The predicted molar refractivity (Wildman–Crippen MR) is 138 cm³/mol. The summed E-state index contributed by atoms with van der Waals surface area (Å²) in [6.45, 7) is 8.30. The van der Waals surface area contributed by atoms with Crippen molar-refractivity contribution in [3.8, 4) is 16.9 Å². The van der Waals surface area contributed by atoms with Crippen LogP contribution in [0.1, 0.15) is 109 Å². The Balaban J connectivity index is 1.65. The van der Waals surface area contributed by atoms with Gasteiger partial charge in [0.25, 0.3) is 0 Å². The summed E-state index contributed by atoms with van der Waals surface area (Å²) in [7, 11) is 0. The maximum atomic E-state index is 5.96. The molecule has 178 valence electrons. The van der Waals surface area contributed by atoms with Crippen molar-refractivity contribution in [3.05, 3.63) is 54.1 Å². The van der Waals surface area contributed by atoms with Crippen molar-refractivity contribution in [1.82, 2.24) is 0 Å². The predicted octanol–water partition coefficient (Wildman–Crippen LogP) is 9.53. The number of rotatable bonds is 18. The van der Waals surface area contributed by atoms with Crippen molar-refractivity contribution in [2.75, 3.05) is 13.2 Å². The van der Waals surface area contributed by atoms with Crippen LogP contribution in [0.2, 0.25) is 0 Å². The Kier molecular flexibility index (Phi) is 13.9. The summed E-state index contributed by atoms with van der Waals surface area (Å²) in [5.41, 5.74) is 3.70. The van der Waals surface area contributed by atoms with E-state index in [9.17, 15) is 0 Å². The van der Waals surface area contributed by atoms with Crippen molar-refractivity contribution in [2.45, 2.75) is 104 Å². The van der Waals surface area contributed by atoms with E-state index in [1.807, 2.05) is 0 Å². The zero-order valence-corrected chi connectivity index (χ0v) is 20.9. The van der Waals surface area contributed by atoms with Gasteiger partial charge in [-0.2, -0.15) is 0 Å². The highest BCUT2D eigenvalue weighted by Gasteiger charge is 2.06. The molecule has 0 radical (unpaired) electrons. The molecule has 2 nitrogen and oxygen atoms in total. The summed E-state index contributed by atoms with van der Waals surface area (Å²) in [5.74, 6) is 0.971. The van der Waals surface area contributed by atoms with E-state index in [1.165, 1.54) is 80.9 Å². The average molecular weight is 439 g/mol. The monoisotopic (exact) mass is 438 g/mol. The van der Waals surface area contributed by atoms with Crippen molar-refractivity contribution in [3.63, 3.8) is 0 Å². The molecule has 2 heteroatoms. The number of benzene rings is 2. The Bertz CT molecular complexity index is 690. The van der Waals surface area contributed by atoms with Gasteiger partial charge in [-0.1, -0.05) is 114 Å². The first kappa shape index (κ1) is 26.5. The second-order valence-electron chi connectivity index (χ2n) is 9.04. The van der Waals surface area contributed by atoms with Gasteiger partial charge in [-0.15, -0.1) is 0 Å². The Hall–Kier alpha value is -1.80. The molecule has 0 aromatic heterocycles. The lowest BCUT2D eigenvalue weighted by Gasteiger charge is -2.14. The minimum absolute atomic E-state index is 0.151. The fourth-order valence-electron chi connectivity index (χ4n) is 4.00. The van der Waals surface area contributed by atoms with Crippen LogP contribution in [0.5, 0.6) is 5.75 Å². The van der Waals surface area contributed by atoms with Crippen LogP contribution < -0.4 is 4.74 Å². The summed E-state index contributed by atoms with van der Waals surface area (Å²) in [6, 6.07) is 17.3. The van der Waals surface area contributed by atoms with Crippen LogP contribution in [-0.2, 0) is 4.74 Å². The molecule has 0 spiro atoms. The fraction of sp³-hybridized carbons (Fsp3) is 0.600. The van der Waals surface area contributed by atoms with Crippen molar-refractivity contribution in [1.29, 1.82) is 0 Å². The second kappa shape index (κ2) is 16.8. The van der Waals surface area contributed by atoms with Gasteiger partial charge < -0.3 is 9.47 Å². The van der Waals surface area contributed by atoms with Crippen LogP contribution in [0, 0.1) is 0 Å². The standard InChI is InChI=1S/C30H46O2/c1-4-6-8-9-10-11-12-13-15-25-32-30-22-20-29(21-23-30)28-18-16-27(17-19-28)26(3)31-24-14-7-5-2/h16-23,26H,4-15,24-25H2,1-3H3. The van der Waals surface area contributed by atoms with Gasteiger partial charge >= 0.3 is 0 Å². The molecule has 0 heterocycles. The van der Waals surface area contributed by atoms with E-state index >= 15 is 0 Å². The van der Waals surface area contributed by atoms with E-state index in [0.717, 1.165) is 31.8 Å². The SMILES string of the molecule is CCCCCCCCCCCOc1ccc(-c2ccc(C(C)OCCCCC)cc2)cc1. The van der Waals surface area contributed by atoms with E-state index in [4.69, 9.17) is 9.47 Å². The van der Waals surface area contributed by atoms with Gasteiger partial charge in [0.15, 0.2) is 0 Å². The van der Waals surface area contributed by atoms with Gasteiger partial charge in [0.1, 0.15) is 5.75 Å². The van der Waals surface area contributed by atoms with Gasteiger partial charge in [0.05, 0.1) is 12.7 Å². The van der Waals surface area contributed by atoms with E-state index in [2.05, 4.69) is 69.3 Å². The first-order chi connectivity index (χ1) is 15.7. The first-order valence-corrected chi connectivity index (χ1v) is 13.2. The second-order valence-corrected chi connectivity index (χ2v) is 9.04. The summed E-state index contributed by atoms with van der Waals surface area (Å²) in [4.78, 5) is 0. The van der Waals surface area contributed by atoms with Crippen LogP contribution in [0.25, 0.3) is 11.1 Å². The van der Waals surface area contributed by atoms with Crippen LogP contribution in [0.15, 0.2) is 48.5 Å². The Labute approximate surface area is 197 Å². The normalized spacial score (nSPS) is 12.1. The average Bonchev–Trinajstić information content (AvgIpc) is 2.83. The third kappa shape index (κ3) is 10.7. The highest BCUT2D eigenvalue weighted by atomic mass is 16.5. The number of hydrogen-bond donors (Lipinski definition) is 0. The lowest BCUT2D eigenvalue weighted by atomic mass is 10.0. The molecule has 0 fully saturated rings. The van der Waals surface area contributed by atoms with Crippen molar-refractivity contribution >= 4 is 0 Å². The minimum atomic E-state index is 0.151. The van der Waals surface area contributed by atoms with Crippen LogP contribution >= 0.6 is 0 Å². The van der Waals surface area contributed by atoms with E-state index in [1.54, 1.807) is 0 Å². The summed E-state index contributed by atoms with van der Waals surface area (Å²) < 4.78 is 11.9. The quantitative estimate of drug-likeness (QED) is 0.216. The number of hydrogen-bond acceptors (Lipinski definition) is 2. The summed E-state index contributed by atoms with van der Waals surface area (Å²) in [5, 5.41) is 0. The molecular weight excluding hydrogens is 392 g/mol. The molecule has 1 atom stereocenters. The summed E-state index contributed by atoms with van der Waals surface area (Å²) in [6.07, 6.45) is 15.9. The van der Waals surface area contributed by atoms with Gasteiger partial charge in [-0.05, 0) is 48.6 Å². The maximum Gasteiger partial charge on any atom is 0.119 e. The zero-order valence-electron chi connectivity index (χ0n) is 20.9. The van der Waals surface area contributed by atoms with Gasteiger partial charge in [-0.25, -0.2) is 0 Å². The molecule has 2 aromatic carbocycles. The highest BCUT2D eigenvalue weighted by molar-refractivity contribution is 5.64. The maximum absolute atomic E-state index is 5.96. The molecule has 0 saturated carbocycles. The molecular formula is C30H46O2. The molecule has 0 aliphatic carbocycles. The zero-order chi connectivity index (χ0) is 22.9. The van der Waals surface area contributed by atoms with Crippen molar-refractivity contribution in [2.24, 2.45) is 0 Å². The molecule has 1 unspecified atom stereocenters. The Morgan fingerprint density at radius 2 is 1.03 bits per heavy atom. The fourth-order valence-corrected chi connectivity index (χ4v) is 4.00. The molecule has 0 saturated heterocycles. The first-order valence-electron chi connectivity index (χ1n) is 13.2. The number of unbranched alkanes of at least 4 members (excludes halogenated alkanes) is 10. The topological polar surface area (TPSA) is 18.5 Å². The molecule has 0 bridgehead atoms. The van der Waals surface area contributed by atoms with Gasteiger partial charge in [0.2, 0.25) is 0 Å². The molecule has 0 amide bonds. The van der Waals surface area contributed by atoms with Crippen LogP contribution in [0.4, 0.5) is 0 Å². The van der Waals surface area contributed by atoms with Crippen LogP contribution in [0.3, 0.4) is 0 Å². The molecule has 0 N–H and O–H groups in total. The van der Waals surface area contributed by atoms with E-state index < -0.39 is 0 Å². The lowest BCUT2D eigenvalue weighted by Crippen LogP contribution is -2.01. The molecule has 0 aliphatic rings. The molecule has 2 aromatic rings. The third-order valence-corrected chi connectivity index (χ3v) is 6.20. The van der Waals surface area contributed by atoms with E-state index in [-0.39, 0.29) is 6.10 Å². The van der Waals surface area contributed by atoms with Gasteiger partial charge in [0, 0.05) is 6.61 Å².